The zero-order chi connectivity index (χ0) is 50.4. The van der Waals surface area contributed by atoms with Gasteiger partial charge in [0.25, 0.3) is 0 Å². The van der Waals surface area contributed by atoms with Gasteiger partial charge in [0.05, 0.1) is 69.3 Å². The summed E-state index contributed by atoms with van der Waals surface area (Å²) in [6.07, 6.45) is 23.7. The molecule has 9 aromatic heterocycles. The molecule has 0 saturated carbocycles. The van der Waals surface area contributed by atoms with E-state index in [2.05, 4.69) is 105 Å². The van der Waals surface area contributed by atoms with Crippen molar-refractivity contribution in [2.75, 3.05) is 73.8 Å². The maximum absolute atomic E-state index is 6.12. The van der Waals surface area contributed by atoms with Crippen LogP contribution in [0.2, 0.25) is 20.9 Å². The van der Waals surface area contributed by atoms with E-state index in [0.717, 1.165) is 41.1 Å². The number of aromatic amines is 3. The lowest BCUT2D eigenvalue weighted by Crippen LogP contribution is -2.39. The Morgan fingerprint density at radius 1 is 0.534 bits per heavy atom. The minimum absolute atomic E-state index is 0.00978. The molecular formula is C43H43Cl4N23O3. The van der Waals surface area contributed by atoms with Crippen molar-refractivity contribution in [1.82, 2.24) is 99.8 Å². The van der Waals surface area contributed by atoms with Crippen molar-refractivity contribution in [3.05, 3.63) is 136 Å². The predicted molar refractivity (Wildman–Crippen MR) is 267 cm³/mol. The Labute approximate surface area is 435 Å². The molecule has 30 heteroatoms. The summed E-state index contributed by atoms with van der Waals surface area (Å²) < 4.78 is 19.2. The number of halogens is 4. The molecule has 26 nitrogen and oxygen atoms in total. The van der Waals surface area contributed by atoms with Gasteiger partial charge in [-0.3, -0.25) is 19.7 Å². The zero-order valence-corrected chi connectivity index (χ0v) is 41.5. The number of pyridine rings is 1. The van der Waals surface area contributed by atoms with Crippen LogP contribution in [0.25, 0.3) is 23.2 Å². The summed E-state index contributed by atoms with van der Waals surface area (Å²) in [7, 11) is 0. The Balaban J connectivity index is 0.000000128. The average molecular weight is 1070 g/mol. The number of allylic oxidation sites excluding steroid dienone is 1. The van der Waals surface area contributed by atoms with Crippen LogP contribution in [-0.2, 0) is 14.2 Å². The van der Waals surface area contributed by atoms with E-state index in [-0.39, 0.29) is 34.2 Å². The summed E-state index contributed by atoms with van der Waals surface area (Å²) >= 11 is 22.5. The van der Waals surface area contributed by atoms with E-state index in [0.29, 0.717) is 80.5 Å². The molecule has 12 heterocycles. The van der Waals surface area contributed by atoms with E-state index in [9.17, 15) is 0 Å². The van der Waals surface area contributed by atoms with Crippen LogP contribution in [0.4, 0.5) is 17.8 Å². The number of hydrogen-bond acceptors (Lipinski definition) is 22. The Bertz CT molecular complexity index is 3130. The van der Waals surface area contributed by atoms with E-state index >= 15 is 0 Å². The van der Waals surface area contributed by atoms with Gasteiger partial charge >= 0.3 is 0 Å². The standard InChI is InChI=1S/C17H15ClN8O.C13H16N6O.C10H11ClN6O.C3HCl2N3/c18-12-1-2-15-19-7-13(26(15)8-12)16-20-10-21-17(24-16)25-3-4-27-14(9-25)11-5-22-23-6-11;1-2-3-12-14-9-15-13(18-12)19-4-5-20-11(8-19)10-6-16-17-7-10;11-9-12-6-13-10(16-9)17-1-2-18-8(5-17)7-3-14-15-4-7;4-2-6-1-7-3(5)8-2/h1-2,5-8,10,14H,3-4,9H2,(H,22,23);2-3,6-7,9,11H,4-5,8H2,1H3,(H,16,17);3-4,6,8H,1-2,5H2,(H,14,15);1H/b;3-2+;;. The molecule has 3 unspecified atom stereocenters. The molecule has 12 rings (SSSR count). The zero-order valence-electron chi connectivity index (χ0n) is 38.5. The van der Waals surface area contributed by atoms with E-state index < -0.39 is 0 Å². The molecule has 3 atom stereocenters. The number of anilines is 3. The maximum Gasteiger partial charge on any atom is 0.229 e. The lowest BCUT2D eigenvalue weighted by atomic mass is 10.2. The monoisotopic (exact) mass is 1070 g/mol. The highest BCUT2D eigenvalue weighted by Gasteiger charge is 2.27. The summed E-state index contributed by atoms with van der Waals surface area (Å²) in [5.74, 6) is 3.08. The molecule has 0 amide bonds. The van der Waals surface area contributed by atoms with Gasteiger partial charge in [0, 0.05) is 61.1 Å². The molecule has 0 radical (unpaired) electrons. The number of hydrogen-bond donors (Lipinski definition) is 3. The third-order valence-corrected chi connectivity index (χ3v) is 11.7. The summed E-state index contributed by atoms with van der Waals surface area (Å²) in [5, 5.41) is 21.3. The van der Waals surface area contributed by atoms with E-state index in [1.165, 1.54) is 19.0 Å². The van der Waals surface area contributed by atoms with Gasteiger partial charge in [0.1, 0.15) is 55.0 Å². The second-order valence-corrected chi connectivity index (χ2v) is 17.0. The van der Waals surface area contributed by atoms with E-state index in [1.807, 2.05) is 53.0 Å². The molecular weight excluding hydrogens is 1030 g/mol. The van der Waals surface area contributed by atoms with Gasteiger partial charge in [0.15, 0.2) is 11.6 Å². The summed E-state index contributed by atoms with van der Waals surface area (Å²) in [4.78, 5) is 59.2. The molecule has 73 heavy (non-hydrogen) atoms. The Hall–Kier alpha value is -7.46. The first-order valence-corrected chi connectivity index (χ1v) is 23.8. The van der Waals surface area contributed by atoms with E-state index in [1.54, 1.807) is 43.4 Å². The van der Waals surface area contributed by atoms with Crippen LogP contribution < -0.4 is 14.7 Å². The number of aromatic nitrogens is 20. The molecule has 3 N–H and O–H groups in total. The van der Waals surface area contributed by atoms with Crippen molar-refractivity contribution in [2.45, 2.75) is 25.2 Å². The number of ether oxygens (including phenoxy) is 3. The predicted octanol–water partition coefficient (Wildman–Crippen LogP) is 5.35. The van der Waals surface area contributed by atoms with Crippen molar-refractivity contribution in [2.24, 2.45) is 0 Å². The number of rotatable bonds is 8. The topological polar surface area (TPSA) is 295 Å². The first-order valence-electron chi connectivity index (χ1n) is 22.3. The van der Waals surface area contributed by atoms with E-state index in [4.69, 9.17) is 60.6 Å². The van der Waals surface area contributed by atoms with Crippen LogP contribution in [0.1, 0.15) is 47.8 Å². The van der Waals surface area contributed by atoms with Gasteiger partial charge in [-0.05, 0) is 59.9 Å². The third kappa shape index (κ3) is 13.5. The lowest BCUT2D eigenvalue weighted by molar-refractivity contribution is 0.0391. The maximum atomic E-state index is 6.12. The fourth-order valence-electron chi connectivity index (χ4n) is 7.45. The van der Waals surface area contributed by atoms with Gasteiger partial charge < -0.3 is 28.9 Å². The van der Waals surface area contributed by atoms with Gasteiger partial charge in [-0.25, -0.2) is 44.9 Å². The Kier molecular flexibility index (Phi) is 17.1. The fraction of sp³-hybridized carbons (Fsp3) is 0.302. The van der Waals surface area contributed by atoms with Gasteiger partial charge in [-0.15, -0.1) is 0 Å². The molecule has 3 fully saturated rings. The molecule has 9 aromatic rings. The second-order valence-electron chi connectivity index (χ2n) is 15.6. The molecule has 0 bridgehead atoms. The smallest absolute Gasteiger partial charge is 0.229 e. The fourth-order valence-corrected chi connectivity index (χ4v) is 8.02. The van der Waals surface area contributed by atoms with Crippen molar-refractivity contribution < 1.29 is 14.2 Å². The molecule has 3 aliphatic heterocycles. The highest BCUT2D eigenvalue weighted by Crippen LogP contribution is 2.27. The Morgan fingerprint density at radius 2 is 1.01 bits per heavy atom. The summed E-state index contributed by atoms with van der Waals surface area (Å²) in [6, 6.07) is 3.65. The van der Waals surface area contributed by atoms with Crippen LogP contribution in [0.3, 0.4) is 0 Å². The first kappa shape index (κ1) is 50.5. The van der Waals surface area contributed by atoms with Crippen LogP contribution in [-0.4, -0.2) is 159 Å². The number of nitrogens with one attached hydrogen (secondary N) is 3. The molecule has 0 aliphatic carbocycles. The Morgan fingerprint density at radius 3 is 1.49 bits per heavy atom. The van der Waals surface area contributed by atoms with Crippen molar-refractivity contribution in [3.8, 4) is 11.5 Å². The van der Waals surface area contributed by atoms with Crippen LogP contribution in [0.15, 0.2) is 93.1 Å². The highest BCUT2D eigenvalue weighted by molar-refractivity contribution is 6.31. The molecule has 0 spiro atoms. The van der Waals surface area contributed by atoms with Gasteiger partial charge in [0.2, 0.25) is 33.7 Å². The number of nitrogens with zero attached hydrogens (tertiary/aromatic N) is 20. The minimum atomic E-state index is -0.0766. The number of imidazole rings is 1. The SMILES string of the molecule is C/C=C/c1ncnc(N2CCOC(c3cn[nH]c3)C2)n1.Clc1ccc2ncc(-c3ncnc(N4CCOC(c5cn[nH]c5)C4)n3)n2c1.Clc1ncnc(Cl)n1.Clc1ncnc(N2CCOC(c3cn[nH]c3)C2)n1. The molecule has 0 aromatic carbocycles. The summed E-state index contributed by atoms with van der Waals surface area (Å²) in [6.45, 7) is 7.99. The molecule has 3 aliphatic rings. The van der Waals surface area contributed by atoms with Gasteiger partial charge in [-0.1, -0.05) is 17.7 Å². The third-order valence-electron chi connectivity index (χ3n) is 10.9. The second kappa shape index (κ2) is 24.8. The molecule has 3 saturated heterocycles. The largest absolute Gasteiger partial charge is 0.370 e. The number of fused-ring (bicyclic) bond motifs is 1. The number of H-pyrrole nitrogens is 3. The highest BCUT2D eigenvalue weighted by atomic mass is 35.5. The lowest BCUT2D eigenvalue weighted by Gasteiger charge is -2.32. The van der Waals surface area contributed by atoms with Crippen LogP contribution in [0, 0.1) is 0 Å². The van der Waals surface area contributed by atoms with Crippen molar-refractivity contribution in [3.63, 3.8) is 0 Å². The quantitative estimate of drug-likeness (QED) is 0.173. The average Bonchev–Trinajstić information content (AvgIpc) is 4.30. The van der Waals surface area contributed by atoms with Crippen molar-refractivity contribution in [1.29, 1.82) is 0 Å². The summed E-state index contributed by atoms with van der Waals surface area (Å²) in [5.41, 5.74) is 4.60. The first-order chi connectivity index (χ1) is 35.8. The minimum Gasteiger partial charge on any atom is -0.370 e. The number of morpholine rings is 3. The van der Waals surface area contributed by atoms with Crippen molar-refractivity contribution >= 4 is 76.0 Å². The molecule has 376 valence electrons. The van der Waals surface area contributed by atoms with Gasteiger partial charge in [-0.2, -0.15) is 35.2 Å². The van der Waals surface area contributed by atoms with Crippen LogP contribution >= 0.6 is 46.4 Å². The van der Waals surface area contributed by atoms with Crippen LogP contribution in [0.5, 0.6) is 0 Å². The normalized spacial score (nSPS) is 17.8.